The maximum atomic E-state index is 12.6. The first kappa shape index (κ1) is 16.8. The SMILES string of the molecule is Cc1c2c(c3c(O)c(C(=O)NC(C)C(=O)O)c(=O)n(C)n13)C=CCC2. The lowest BCUT2D eigenvalue weighted by Gasteiger charge is -2.14. The fraction of sp³-hybridized carbons (Fsp3) is 0.353. The number of hydrogen-bond acceptors (Lipinski definition) is 4. The van der Waals surface area contributed by atoms with Crippen molar-refractivity contribution >= 4 is 23.5 Å². The highest BCUT2D eigenvalue weighted by molar-refractivity contribution is 6.01. The summed E-state index contributed by atoms with van der Waals surface area (Å²) in [5.74, 6) is -2.58. The molecule has 1 amide bonds. The third-order valence-electron chi connectivity index (χ3n) is 4.61. The van der Waals surface area contributed by atoms with Gasteiger partial charge in [0.15, 0.2) is 5.75 Å². The van der Waals surface area contributed by atoms with Crippen LogP contribution in [0.1, 0.15) is 40.5 Å². The molecule has 1 unspecified atom stereocenters. The number of carbonyl (C=O) groups is 2. The van der Waals surface area contributed by atoms with E-state index in [1.807, 2.05) is 19.1 Å². The molecule has 0 saturated heterocycles. The summed E-state index contributed by atoms with van der Waals surface area (Å²) in [6.45, 7) is 3.14. The summed E-state index contributed by atoms with van der Waals surface area (Å²) in [7, 11) is 1.51. The van der Waals surface area contributed by atoms with Gasteiger partial charge in [0.25, 0.3) is 11.5 Å². The van der Waals surface area contributed by atoms with Crippen LogP contribution in [0, 0.1) is 6.92 Å². The number of carboxylic acid groups (broad SMARTS) is 1. The highest BCUT2D eigenvalue weighted by Gasteiger charge is 2.28. The molecule has 0 fully saturated rings. The normalized spacial score (nSPS) is 14.4. The standard InChI is InChI=1S/C17H19N3O5/c1-8(17(24)25)18-15(22)12-14(21)13-11-7-5-4-6-10(11)9(2)20(13)19(3)16(12)23/h5,7-8,21H,4,6H2,1-3H3,(H,18,22)(H,24,25). The lowest BCUT2D eigenvalue weighted by Crippen LogP contribution is -2.42. The Morgan fingerprint density at radius 1 is 1.36 bits per heavy atom. The molecule has 8 heteroatoms. The first-order valence-electron chi connectivity index (χ1n) is 7.92. The summed E-state index contributed by atoms with van der Waals surface area (Å²) >= 11 is 0. The van der Waals surface area contributed by atoms with E-state index in [-0.39, 0.29) is 0 Å². The van der Waals surface area contributed by atoms with Gasteiger partial charge in [-0.15, -0.1) is 0 Å². The van der Waals surface area contributed by atoms with Crippen LogP contribution >= 0.6 is 0 Å². The number of fused-ring (bicyclic) bond motifs is 3. The molecule has 8 nitrogen and oxygen atoms in total. The van der Waals surface area contributed by atoms with E-state index in [0.717, 1.165) is 29.7 Å². The molecule has 0 radical (unpaired) electrons. The Morgan fingerprint density at radius 2 is 2.04 bits per heavy atom. The fourth-order valence-corrected chi connectivity index (χ4v) is 3.28. The molecule has 2 aromatic rings. The van der Waals surface area contributed by atoms with Crippen LogP contribution in [0.2, 0.25) is 0 Å². The van der Waals surface area contributed by atoms with Gasteiger partial charge in [-0.25, -0.2) is 4.68 Å². The van der Waals surface area contributed by atoms with Crippen LogP contribution in [-0.2, 0) is 18.3 Å². The Kier molecular flexibility index (Phi) is 3.90. The van der Waals surface area contributed by atoms with Crippen LogP contribution in [0.3, 0.4) is 0 Å². The van der Waals surface area contributed by atoms with E-state index in [9.17, 15) is 19.5 Å². The van der Waals surface area contributed by atoms with Crippen LogP contribution in [0.5, 0.6) is 5.75 Å². The summed E-state index contributed by atoms with van der Waals surface area (Å²) in [6, 6.07) is -1.19. The van der Waals surface area contributed by atoms with Gasteiger partial charge >= 0.3 is 5.97 Å². The predicted octanol–water partition coefficient (Wildman–Crippen LogP) is 0.814. The summed E-state index contributed by atoms with van der Waals surface area (Å²) in [6.07, 6.45) is 5.49. The van der Waals surface area contributed by atoms with Crippen molar-refractivity contribution in [1.82, 2.24) is 14.5 Å². The Labute approximate surface area is 143 Å². The number of nitrogens with one attached hydrogen (secondary N) is 1. The van der Waals surface area contributed by atoms with E-state index >= 15 is 0 Å². The molecule has 0 aliphatic heterocycles. The van der Waals surface area contributed by atoms with E-state index < -0.39 is 34.8 Å². The molecule has 2 aromatic heterocycles. The summed E-state index contributed by atoms with van der Waals surface area (Å²) in [5.41, 5.74) is 1.84. The van der Waals surface area contributed by atoms with Gasteiger partial charge in [0.2, 0.25) is 0 Å². The van der Waals surface area contributed by atoms with Crippen molar-refractivity contribution in [3.63, 3.8) is 0 Å². The number of aliphatic carboxylic acids is 1. The Bertz CT molecular complexity index is 996. The summed E-state index contributed by atoms with van der Waals surface area (Å²) in [4.78, 5) is 36.0. The van der Waals surface area contributed by atoms with Gasteiger partial charge in [-0.2, -0.15) is 0 Å². The number of rotatable bonds is 3. The van der Waals surface area contributed by atoms with Crippen molar-refractivity contribution < 1.29 is 19.8 Å². The molecule has 3 rings (SSSR count). The average molecular weight is 345 g/mol. The molecule has 1 atom stereocenters. The smallest absolute Gasteiger partial charge is 0.325 e. The van der Waals surface area contributed by atoms with Gasteiger partial charge in [-0.1, -0.05) is 12.2 Å². The molecule has 0 spiro atoms. The maximum absolute atomic E-state index is 12.6. The third-order valence-corrected chi connectivity index (χ3v) is 4.61. The largest absolute Gasteiger partial charge is 0.505 e. The minimum absolute atomic E-state index is 0.374. The zero-order valence-corrected chi connectivity index (χ0v) is 14.2. The molecule has 3 N–H and O–H groups in total. The van der Waals surface area contributed by atoms with Crippen molar-refractivity contribution in [3.05, 3.63) is 38.8 Å². The van der Waals surface area contributed by atoms with Crippen LogP contribution in [0.4, 0.5) is 0 Å². The van der Waals surface area contributed by atoms with Gasteiger partial charge in [0.05, 0.1) is 0 Å². The van der Waals surface area contributed by atoms with Gasteiger partial charge in [-0.3, -0.25) is 18.9 Å². The van der Waals surface area contributed by atoms with Crippen molar-refractivity contribution in [2.75, 3.05) is 0 Å². The topological polar surface area (TPSA) is 113 Å². The molecule has 0 saturated carbocycles. The third kappa shape index (κ3) is 2.41. The van der Waals surface area contributed by atoms with E-state index in [4.69, 9.17) is 5.11 Å². The van der Waals surface area contributed by atoms with Crippen molar-refractivity contribution in [2.45, 2.75) is 32.7 Å². The molecule has 1 aliphatic rings. The maximum Gasteiger partial charge on any atom is 0.325 e. The van der Waals surface area contributed by atoms with Crippen LogP contribution in [0.15, 0.2) is 10.9 Å². The number of carboxylic acids is 1. The molecule has 25 heavy (non-hydrogen) atoms. The second kappa shape index (κ2) is 5.80. The molecule has 1 aliphatic carbocycles. The van der Waals surface area contributed by atoms with Gasteiger partial charge < -0.3 is 15.5 Å². The van der Waals surface area contributed by atoms with E-state index in [1.54, 1.807) is 4.52 Å². The minimum atomic E-state index is -1.23. The quantitative estimate of drug-likeness (QED) is 0.762. The van der Waals surface area contributed by atoms with E-state index in [0.29, 0.717) is 5.52 Å². The Balaban J connectivity index is 2.29. The van der Waals surface area contributed by atoms with E-state index in [1.165, 1.54) is 18.7 Å². The molecular formula is C17H19N3O5. The van der Waals surface area contributed by atoms with Crippen molar-refractivity contribution in [1.29, 1.82) is 0 Å². The number of aromatic nitrogens is 2. The number of aryl methyl sites for hydroxylation is 2. The molecule has 0 aromatic carbocycles. The van der Waals surface area contributed by atoms with Gasteiger partial charge in [0, 0.05) is 18.3 Å². The lowest BCUT2D eigenvalue weighted by atomic mass is 9.98. The van der Waals surface area contributed by atoms with E-state index in [2.05, 4.69) is 5.32 Å². The predicted molar refractivity (Wildman–Crippen MR) is 91.0 cm³/mol. The fourth-order valence-electron chi connectivity index (χ4n) is 3.28. The summed E-state index contributed by atoms with van der Waals surface area (Å²) in [5, 5.41) is 21.8. The molecule has 0 bridgehead atoms. The second-order valence-corrected chi connectivity index (χ2v) is 6.16. The highest BCUT2D eigenvalue weighted by Crippen LogP contribution is 2.34. The number of amides is 1. The van der Waals surface area contributed by atoms with Gasteiger partial charge in [0.1, 0.15) is 17.1 Å². The monoisotopic (exact) mass is 345 g/mol. The highest BCUT2D eigenvalue weighted by atomic mass is 16.4. The van der Waals surface area contributed by atoms with Crippen molar-refractivity contribution in [3.8, 4) is 5.75 Å². The van der Waals surface area contributed by atoms with Crippen LogP contribution in [0.25, 0.3) is 11.6 Å². The lowest BCUT2D eigenvalue weighted by molar-refractivity contribution is -0.138. The Hall–Kier alpha value is -3.03. The van der Waals surface area contributed by atoms with Crippen LogP contribution < -0.4 is 10.9 Å². The Morgan fingerprint density at radius 3 is 2.68 bits per heavy atom. The number of carbonyl (C=O) groups excluding carboxylic acids is 1. The number of aromatic hydroxyl groups is 1. The number of allylic oxidation sites excluding steroid dienone is 1. The van der Waals surface area contributed by atoms with Gasteiger partial charge in [-0.05, 0) is 32.3 Å². The summed E-state index contributed by atoms with van der Waals surface area (Å²) < 4.78 is 2.85. The zero-order valence-electron chi connectivity index (χ0n) is 14.2. The average Bonchev–Trinajstić information content (AvgIpc) is 2.86. The molecule has 2 heterocycles. The molecule has 132 valence electrons. The molecular weight excluding hydrogens is 326 g/mol. The minimum Gasteiger partial charge on any atom is -0.505 e. The number of hydrogen-bond donors (Lipinski definition) is 3. The second-order valence-electron chi connectivity index (χ2n) is 6.16. The zero-order chi connectivity index (χ0) is 18.5. The number of nitrogens with zero attached hydrogens (tertiary/aromatic N) is 2. The first-order valence-corrected chi connectivity index (χ1v) is 7.92. The van der Waals surface area contributed by atoms with Crippen LogP contribution in [-0.4, -0.2) is 37.3 Å². The van der Waals surface area contributed by atoms with Crippen molar-refractivity contribution in [2.24, 2.45) is 7.05 Å². The first-order chi connectivity index (χ1) is 11.8.